The van der Waals surface area contributed by atoms with Crippen molar-refractivity contribution in [3.05, 3.63) is 41.5 Å². The first-order chi connectivity index (χ1) is 11.5. The highest BCUT2D eigenvalue weighted by molar-refractivity contribution is 7.89. The van der Waals surface area contributed by atoms with Crippen molar-refractivity contribution in [1.82, 2.24) is 10.0 Å². The second-order valence-electron chi connectivity index (χ2n) is 6.03. The third-order valence-corrected chi connectivity index (χ3v) is 5.64. The third-order valence-electron chi connectivity index (χ3n) is 4.22. The normalized spacial score (nSPS) is 15.0. The molecule has 24 heavy (non-hydrogen) atoms. The van der Waals surface area contributed by atoms with Crippen molar-refractivity contribution in [3.63, 3.8) is 0 Å². The SMILES string of the molecule is CCc1ccc(S(=O)(=O)NCC(=O)NCCC2=CCCCC2)cc1. The van der Waals surface area contributed by atoms with E-state index in [1.807, 2.05) is 6.92 Å². The van der Waals surface area contributed by atoms with E-state index >= 15 is 0 Å². The number of nitrogens with one attached hydrogen (secondary N) is 2. The molecule has 0 fully saturated rings. The van der Waals surface area contributed by atoms with Crippen LogP contribution < -0.4 is 10.0 Å². The molecule has 0 spiro atoms. The Hall–Kier alpha value is -1.66. The fraction of sp³-hybridized carbons (Fsp3) is 0.500. The summed E-state index contributed by atoms with van der Waals surface area (Å²) in [7, 11) is -3.65. The fourth-order valence-corrected chi connectivity index (χ4v) is 3.69. The number of rotatable bonds is 8. The van der Waals surface area contributed by atoms with Crippen LogP contribution in [0, 0.1) is 0 Å². The van der Waals surface area contributed by atoms with Crippen LogP contribution in [0.2, 0.25) is 0 Å². The molecule has 0 heterocycles. The van der Waals surface area contributed by atoms with Gasteiger partial charge in [-0.1, -0.05) is 30.7 Å². The van der Waals surface area contributed by atoms with Crippen molar-refractivity contribution in [3.8, 4) is 0 Å². The summed E-state index contributed by atoms with van der Waals surface area (Å²) in [5, 5.41) is 2.77. The molecule has 0 aromatic heterocycles. The zero-order valence-corrected chi connectivity index (χ0v) is 15.0. The number of carbonyl (C=O) groups is 1. The lowest BCUT2D eigenvalue weighted by Gasteiger charge is -2.13. The van der Waals surface area contributed by atoms with Crippen molar-refractivity contribution in [2.45, 2.75) is 50.3 Å². The maximum atomic E-state index is 12.2. The fourth-order valence-electron chi connectivity index (χ4n) is 2.70. The van der Waals surface area contributed by atoms with E-state index in [-0.39, 0.29) is 17.3 Å². The van der Waals surface area contributed by atoms with Crippen LogP contribution in [0.1, 0.15) is 44.6 Å². The van der Waals surface area contributed by atoms with E-state index in [1.54, 1.807) is 24.3 Å². The lowest BCUT2D eigenvalue weighted by molar-refractivity contribution is -0.119. The Morgan fingerprint density at radius 1 is 1.17 bits per heavy atom. The Balaban J connectivity index is 1.76. The number of hydrogen-bond donors (Lipinski definition) is 2. The largest absolute Gasteiger partial charge is 0.355 e. The molecule has 0 saturated carbocycles. The number of aryl methyl sites for hydroxylation is 1. The molecule has 1 aromatic carbocycles. The van der Waals surface area contributed by atoms with E-state index in [0.717, 1.165) is 31.2 Å². The van der Waals surface area contributed by atoms with Gasteiger partial charge < -0.3 is 5.32 Å². The second-order valence-corrected chi connectivity index (χ2v) is 7.80. The Morgan fingerprint density at radius 3 is 2.54 bits per heavy atom. The van der Waals surface area contributed by atoms with Crippen LogP contribution >= 0.6 is 0 Å². The van der Waals surface area contributed by atoms with Crippen LogP contribution in [0.15, 0.2) is 40.8 Å². The zero-order valence-electron chi connectivity index (χ0n) is 14.2. The highest BCUT2D eigenvalue weighted by Gasteiger charge is 2.15. The molecule has 0 bridgehead atoms. The van der Waals surface area contributed by atoms with Gasteiger partial charge in [0.25, 0.3) is 0 Å². The van der Waals surface area contributed by atoms with Crippen LogP contribution in [-0.4, -0.2) is 27.4 Å². The van der Waals surface area contributed by atoms with Crippen LogP contribution in [0.3, 0.4) is 0 Å². The van der Waals surface area contributed by atoms with Crippen molar-refractivity contribution in [2.75, 3.05) is 13.1 Å². The molecule has 0 atom stereocenters. The van der Waals surface area contributed by atoms with Crippen LogP contribution in [-0.2, 0) is 21.2 Å². The van der Waals surface area contributed by atoms with Gasteiger partial charge in [-0.05, 0) is 56.2 Å². The average molecular weight is 350 g/mol. The monoisotopic (exact) mass is 350 g/mol. The molecule has 0 radical (unpaired) electrons. The second kappa shape index (κ2) is 8.99. The van der Waals surface area contributed by atoms with Crippen molar-refractivity contribution in [2.24, 2.45) is 0 Å². The highest BCUT2D eigenvalue weighted by atomic mass is 32.2. The molecule has 6 heteroatoms. The first-order valence-corrected chi connectivity index (χ1v) is 10.0. The first kappa shape index (κ1) is 18.7. The maximum absolute atomic E-state index is 12.2. The minimum atomic E-state index is -3.65. The predicted molar refractivity (Wildman–Crippen MR) is 95.2 cm³/mol. The van der Waals surface area contributed by atoms with E-state index in [0.29, 0.717) is 6.54 Å². The van der Waals surface area contributed by atoms with Gasteiger partial charge >= 0.3 is 0 Å². The summed E-state index contributed by atoms with van der Waals surface area (Å²) in [5.41, 5.74) is 2.46. The third kappa shape index (κ3) is 5.76. The van der Waals surface area contributed by atoms with Gasteiger partial charge in [-0.3, -0.25) is 4.79 Å². The number of sulfonamides is 1. The van der Waals surface area contributed by atoms with Crippen molar-refractivity contribution < 1.29 is 13.2 Å². The van der Waals surface area contributed by atoms with E-state index in [2.05, 4.69) is 16.1 Å². The number of allylic oxidation sites excluding steroid dienone is 1. The van der Waals surface area contributed by atoms with Crippen LogP contribution in [0.5, 0.6) is 0 Å². The summed E-state index contributed by atoms with van der Waals surface area (Å²) in [6.07, 6.45) is 8.64. The summed E-state index contributed by atoms with van der Waals surface area (Å²) >= 11 is 0. The number of carbonyl (C=O) groups excluding carboxylic acids is 1. The Bertz CT molecular complexity index is 679. The summed E-state index contributed by atoms with van der Waals surface area (Å²) in [4.78, 5) is 12.0. The van der Waals surface area contributed by atoms with Gasteiger partial charge in [-0.15, -0.1) is 0 Å². The van der Waals surface area contributed by atoms with Crippen molar-refractivity contribution in [1.29, 1.82) is 0 Å². The minimum Gasteiger partial charge on any atom is -0.355 e. The molecule has 5 nitrogen and oxygen atoms in total. The Morgan fingerprint density at radius 2 is 1.92 bits per heavy atom. The van der Waals surface area contributed by atoms with Gasteiger partial charge in [0.05, 0.1) is 11.4 Å². The maximum Gasteiger partial charge on any atom is 0.241 e. The molecule has 2 rings (SSSR count). The molecular formula is C18H26N2O3S. The van der Waals surface area contributed by atoms with Crippen LogP contribution in [0.4, 0.5) is 0 Å². The van der Waals surface area contributed by atoms with Gasteiger partial charge in [0.15, 0.2) is 0 Å². The predicted octanol–water partition coefficient (Wildman–Crippen LogP) is 2.53. The van der Waals surface area contributed by atoms with Crippen LogP contribution in [0.25, 0.3) is 0 Å². The molecule has 1 aliphatic rings. The minimum absolute atomic E-state index is 0.180. The standard InChI is InChI=1S/C18H26N2O3S/c1-2-15-8-10-17(11-9-15)24(22,23)20-14-18(21)19-13-12-16-6-4-3-5-7-16/h6,8-11,20H,2-5,7,12-14H2,1H3,(H,19,21). The molecule has 0 unspecified atom stereocenters. The molecule has 1 aromatic rings. The zero-order chi connectivity index (χ0) is 17.4. The van der Waals surface area contributed by atoms with Gasteiger partial charge in [-0.2, -0.15) is 0 Å². The lowest BCUT2D eigenvalue weighted by atomic mass is 9.97. The molecule has 132 valence electrons. The molecule has 0 aliphatic heterocycles. The van der Waals surface area contributed by atoms with E-state index in [1.165, 1.54) is 18.4 Å². The van der Waals surface area contributed by atoms with Crippen molar-refractivity contribution >= 4 is 15.9 Å². The quantitative estimate of drug-likeness (QED) is 0.708. The average Bonchev–Trinajstić information content (AvgIpc) is 2.61. The molecule has 2 N–H and O–H groups in total. The molecule has 0 saturated heterocycles. The summed E-state index contributed by atoms with van der Waals surface area (Å²) in [6.45, 7) is 2.32. The molecule has 1 aliphatic carbocycles. The van der Waals surface area contributed by atoms with E-state index in [4.69, 9.17) is 0 Å². The lowest BCUT2D eigenvalue weighted by Crippen LogP contribution is -2.37. The van der Waals surface area contributed by atoms with E-state index < -0.39 is 10.0 Å². The van der Waals surface area contributed by atoms with Gasteiger partial charge in [0.1, 0.15) is 0 Å². The van der Waals surface area contributed by atoms with Gasteiger partial charge in [-0.25, -0.2) is 13.1 Å². The summed E-state index contributed by atoms with van der Waals surface area (Å²) in [5.74, 6) is -0.305. The Kier molecular flexibility index (Phi) is 6.99. The topological polar surface area (TPSA) is 75.3 Å². The number of amides is 1. The molecular weight excluding hydrogens is 324 g/mol. The first-order valence-electron chi connectivity index (χ1n) is 8.54. The van der Waals surface area contributed by atoms with Gasteiger partial charge in [0, 0.05) is 6.54 Å². The Labute approximate surface area is 144 Å². The molecule has 1 amide bonds. The van der Waals surface area contributed by atoms with E-state index in [9.17, 15) is 13.2 Å². The van der Waals surface area contributed by atoms with Gasteiger partial charge in [0.2, 0.25) is 15.9 Å². The number of hydrogen-bond acceptors (Lipinski definition) is 3. The summed E-state index contributed by atoms with van der Waals surface area (Å²) in [6, 6.07) is 6.70. The number of benzene rings is 1. The highest BCUT2D eigenvalue weighted by Crippen LogP contribution is 2.19. The smallest absolute Gasteiger partial charge is 0.241 e. The summed E-state index contributed by atoms with van der Waals surface area (Å²) < 4.78 is 26.7.